The normalized spacial score (nSPS) is 11.2. The fourth-order valence-corrected chi connectivity index (χ4v) is 1.54. The van der Waals surface area contributed by atoms with Crippen LogP contribution in [-0.4, -0.2) is 18.1 Å². The Labute approximate surface area is 83.4 Å². The zero-order valence-corrected chi connectivity index (χ0v) is 8.77. The summed E-state index contributed by atoms with van der Waals surface area (Å²) in [4.78, 5) is 3.49. The molecule has 0 aromatic carbocycles. The number of pyridine rings is 1. The molecule has 0 radical (unpaired) electrons. The molecular weight excluding hydrogens is 263 g/mol. The van der Waals surface area contributed by atoms with E-state index in [1.165, 1.54) is 6.20 Å². The maximum atomic E-state index is 12.5. The van der Waals surface area contributed by atoms with Crippen LogP contribution in [-0.2, 0) is 10.0 Å². The molecule has 0 atom stereocenters. The maximum Gasteiger partial charge on any atom is 0.242 e. The van der Waals surface area contributed by atoms with Crippen molar-refractivity contribution in [1.82, 2.24) is 4.98 Å². The highest BCUT2D eigenvalue weighted by atomic mass is 79.9. The molecule has 1 aromatic heterocycles. The molecule has 4 nitrogen and oxygen atoms in total. The van der Waals surface area contributed by atoms with Crippen LogP contribution in [0.5, 0.6) is 0 Å². The average molecular weight is 269 g/mol. The van der Waals surface area contributed by atoms with Crippen molar-refractivity contribution >= 4 is 31.6 Å². The van der Waals surface area contributed by atoms with E-state index in [0.29, 0.717) is 0 Å². The number of anilines is 1. The lowest BCUT2D eigenvalue weighted by molar-refractivity contribution is 0.605. The number of nitrogens with zero attached hydrogens (tertiary/aromatic N) is 1. The zero-order chi connectivity index (χ0) is 9.90. The van der Waals surface area contributed by atoms with E-state index in [9.17, 15) is 12.8 Å². The molecule has 0 saturated carbocycles. The molecule has 1 aromatic rings. The lowest BCUT2D eigenvalue weighted by Gasteiger charge is -2.03. The topological polar surface area (TPSA) is 59.1 Å². The highest BCUT2D eigenvalue weighted by Crippen LogP contribution is 2.09. The van der Waals surface area contributed by atoms with Gasteiger partial charge in [0.05, 0.1) is 18.1 Å². The number of nitrogens with one attached hydrogen (secondary N) is 1. The van der Waals surface area contributed by atoms with Crippen molar-refractivity contribution in [2.45, 2.75) is 0 Å². The molecule has 72 valence electrons. The Morgan fingerprint density at radius 2 is 2.23 bits per heavy atom. The maximum absolute atomic E-state index is 12.5. The van der Waals surface area contributed by atoms with Gasteiger partial charge in [0, 0.05) is 6.07 Å². The summed E-state index contributed by atoms with van der Waals surface area (Å²) in [7, 11) is -3.43. The molecular formula is C6H6BrFN2O2S. The summed E-state index contributed by atoms with van der Waals surface area (Å²) in [6.45, 7) is 0. The molecule has 0 fully saturated rings. The van der Waals surface area contributed by atoms with Crippen molar-refractivity contribution in [2.24, 2.45) is 0 Å². The number of rotatable bonds is 3. The van der Waals surface area contributed by atoms with Crippen molar-refractivity contribution in [3.05, 3.63) is 24.3 Å². The van der Waals surface area contributed by atoms with Gasteiger partial charge in [-0.3, -0.25) is 9.71 Å². The number of hydrogen-bond acceptors (Lipinski definition) is 3. The molecule has 0 bridgehead atoms. The van der Waals surface area contributed by atoms with Crippen LogP contribution in [0.4, 0.5) is 10.1 Å². The molecule has 0 aliphatic rings. The van der Waals surface area contributed by atoms with Crippen LogP contribution >= 0.6 is 15.9 Å². The Morgan fingerprint density at radius 1 is 1.54 bits per heavy atom. The molecule has 0 unspecified atom stereocenters. The van der Waals surface area contributed by atoms with Gasteiger partial charge in [0.1, 0.15) is 10.5 Å². The van der Waals surface area contributed by atoms with Crippen LogP contribution in [0.1, 0.15) is 0 Å². The molecule has 1 N–H and O–H groups in total. The zero-order valence-electron chi connectivity index (χ0n) is 6.37. The summed E-state index contributed by atoms with van der Waals surface area (Å²) < 4.78 is 36.4. The first-order valence-electron chi connectivity index (χ1n) is 3.20. The lowest BCUT2D eigenvalue weighted by atomic mass is 10.4. The van der Waals surface area contributed by atoms with E-state index in [1.807, 2.05) is 0 Å². The molecule has 0 aliphatic heterocycles. The minimum atomic E-state index is -3.43. The van der Waals surface area contributed by atoms with Crippen molar-refractivity contribution < 1.29 is 12.8 Å². The summed E-state index contributed by atoms with van der Waals surface area (Å²) in [5.74, 6) is -0.588. The van der Waals surface area contributed by atoms with Gasteiger partial charge in [0.25, 0.3) is 0 Å². The van der Waals surface area contributed by atoms with Gasteiger partial charge in [-0.25, -0.2) is 12.8 Å². The molecule has 0 amide bonds. The molecule has 1 heterocycles. The molecule has 7 heteroatoms. The lowest BCUT2D eigenvalue weighted by Crippen LogP contribution is -2.13. The second-order valence-corrected chi connectivity index (χ2v) is 5.24. The highest BCUT2D eigenvalue weighted by Gasteiger charge is 2.07. The van der Waals surface area contributed by atoms with E-state index >= 15 is 0 Å². The number of hydrogen-bond donors (Lipinski definition) is 1. The number of halogens is 2. The van der Waals surface area contributed by atoms with Gasteiger partial charge in [-0.1, -0.05) is 15.9 Å². The predicted octanol–water partition coefficient (Wildman–Crippen LogP) is 1.31. The minimum absolute atomic E-state index is 0.111. The van der Waals surface area contributed by atoms with E-state index in [1.54, 1.807) is 0 Å². The first-order chi connectivity index (χ1) is 6.03. The third-order valence-electron chi connectivity index (χ3n) is 1.12. The Balaban J connectivity index is 2.87. The number of alkyl halides is 1. The Hall–Kier alpha value is -0.690. The first-order valence-corrected chi connectivity index (χ1v) is 5.98. The van der Waals surface area contributed by atoms with Gasteiger partial charge in [0.15, 0.2) is 0 Å². The van der Waals surface area contributed by atoms with Crippen LogP contribution < -0.4 is 4.72 Å². The van der Waals surface area contributed by atoms with Crippen LogP contribution in [0.15, 0.2) is 18.5 Å². The van der Waals surface area contributed by atoms with Crippen LogP contribution in [0, 0.1) is 5.82 Å². The van der Waals surface area contributed by atoms with Gasteiger partial charge in [-0.2, -0.15) is 0 Å². The predicted molar refractivity (Wildman–Crippen MR) is 50.5 cm³/mol. The van der Waals surface area contributed by atoms with Gasteiger partial charge in [-0.15, -0.1) is 0 Å². The molecule has 1 rings (SSSR count). The van der Waals surface area contributed by atoms with Crippen LogP contribution in [0.25, 0.3) is 0 Å². The summed E-state index contributed by atoms with van der Waals surface area (Å²) in [6.07, 6.45) is 2.22. The van der Waals surface area contributed by atoms with E-state index in [-0.39, 0.29) is 10.3 Å². The fraction of sp³-hybridized carbons (Fsp3) is 0.167. The van der Waals surface area contributed by atoms with E-state index in [0.717, 1.165) is 12.3 Å². The van der Waals surface area contributed by atoms with Crippen LogP contribution in [0.3, 0.4) is 0 Å². The van der Waals surface area contributed by atoms with E-state index < -0.39 is 15.8 Å². The quantitative estimate of drug-likeness (QED) is 0.842. The Kier molecular flexibility index (Phi) is 3.21. The largest absolute Gasteiger partial charge is 0.281 e. The smallest absolute Gasteiger partial charge is 0.242 e. The molecule has 0 saturated heterocycles. The van der Waals surface area contributed by atoms with Gasteiger partial charge < -0.3 is 0 Å². The molecule has 0 spiro atoms. The monoisotopic (exact) mass is 268 g/mol. The Morgan fingerprint density at radius 3 is 2.77 bits per heavy atom. The Bertz CT molecular complexity index is 395. The first kappa shape index (κ1) is 10.4. The second-order valence-electron chi connectivity index (χ2n) is 2.22. The SMILES string of the molecule is O=S(=O)(CBr)Nc1cncc(F)c1. The van der Waals surface area contributed by atoms with Crippen molar-refractivity contribution in [1.29, 1.82) is 0 Å². The minimum Gasteiger partial charge on any atom is -0.281 e. The van der Waals surface area contributed by atoms with E-state index in [4.69, 9.17) is 0 Å². The summed E-state index contributed by atoms with van der Waals surface area (Å²) in [6, 6.07) is 1.05. The summed E-state index contributed by atoms with van der Waals surface area (Å²) in [5.41, 5.74) is 0.111. The van der Waals surface area contributed by atoms with E-state index in [2.05, 4.69) is 25.6 Å². The summed E-state index contributed by atoms with van der Waals surface area (Å²) >= 11 is 2.78. The number of sulfonamides is 1. The van der Waals surface area contributed by atoms with Crippen molar-refractivity contribution in [3.63, 3.8) is 0 Å². The third-order valence-corrected chi connectivity index (χ3v) is 3.76. The fourth-order valence-electron chi connectivity index (χ4n) is 0.675. The van der Waals surface area contributed by atoms with Crippen LogP contribution in [0.2, 0.25) is 0 Å². The van der Waals surface area contributed by atoms with Crippen molar-refractivity contribution in [3.8, 4) is 0 Å². The molecule has 13 heavy (non-hydrogen) atoms. The van der Waals surface area contributed by atoms with Gasteiger partial charge in [-0.05, 0) is 0 Å². The summed E-state index contributed by atoms with van der Waals surface area (Å²) in [5, 5.41) is 0. The number of aromatic nitrogens is 1. The highest BCUT2D eigenvalue weighted by molar-refractivity contribution is 9.10. The standard InChI is InChI=1S/C6H6BrFN2O2S/c7-4-13(11,12)10-6-1-5(8)2-9-3-6/h1-3,10H,4H2. The third kappa shape index (κ3) is 3.27. The second kappa shape index (κ2) is 4.01. The van der Waals surface area contributed by atoms with Gasteiger partial charge in [0.2, 0.25) is 10.0 Å². The average Bonchev–Trinajstić information content (AvgIpc) is 2.03. The van der Waals surface area contributed by atoms with Crippen molar-refractivity contribution in [2.75, 3.05) is 9.38 Å². The van der Waals surface area contributed by atoms with Gasteiger partial charge >= 0.3 is 0 Å². The molecule has 0 aliphatic carbocycles.